The molecular weight excluding hydrogens is 345 g/mol. The van der Waals surface area contributed by atoms with Gasteiger partial charge in [-0.2, -0.15) is 13.2 Å². The summed E-state index contributed by atoms with van der Waals surface area (Å²) in [6, 6.07) is 2.13. The molecule has 0 aliphatic carbocycles. The van der Waals surface area contributed by atoms with Crippen molar-refractivity contribution in [2.75, 3.05) is 18.8 Å². The van der Waals surface area contributed by atoms with Gasteiger partial charge in [0.05, 0.1) is 22.8 Å². The van der Waals surface area contributed by atoms with Gasteiger partial charge in [-0.15, -0.1) is 0 Å². The molecule has 0 unspecified atom stereocenters. The normalized spacial score (nSPS) is 11.6. The SMILES string of the molecule is CC(C)CN(CCC(=O)O)C(=O)CSc1ccc(C(F)(F)F)cn1. The molecule has 0 atom stereocenters. The maximum Gasteiger partial charge on any atom is 0.417 e. The molecular formula is C15H19F3N2O3S. The average Bonchev–Trinajstić information content (AvgIpc) is 2.48. The van der Waals surface area contributed by atoms with Gasteiger partial charge in [0.25, 0.3) is 0 Å². The Morgan fingerprint density at radius 2 is 2.00 bits per heavy atom. The number of carbonyl (C=O) groups is 2. The van der Waals surface area contributed by atoms with E-state index in [4.69, 9.17) is 5.11 Å². The Balaban J connectivity index is 2.62. The molecule has 0 aliphatic heterocycles. The molecule has 0 aromatic carbocycles. The lowest BCUT2D eigenvalue weighted by molar-refractivity contribution is -0.139. The van der Waals surface area contributed by atoms with Crippen molar-refractivity contribution in [3.63, 3.8) is 0 Å². The van der Waals surface area contributed by atoms with Gasteiger partial charge in [0, 0.05) is 19.3 Å². The first-order valence-electron chi connectivity index (χ1n) is 7.25. The number of amides is 1. The van der Waals surface area contributed by atoms with Crippen LogP contribution in [0.2, 0.25) is 0 Å². The standard InChI is InChI=1S/C15H19F3N2O3S/c1-10(2)8-20(6-5-14(22)23)13(21)9-24-12-4-3-11(7-19-12)15(16,17)18/h3-4,7,10H,5-6,8-9H2,1-2H3,(H,22,23). The quantitative estimate of drug-likeness (QED) is 0.718. The number of nitrogens with zero attached hydrogens (tertiary/aromatic N) is 2. The van der Waals surface area contributed by atoms with Gasteiger partial charge in [-0.3, -0.25) is 9.59 Å². The summed E-state index contributed by atoms with van der Waals surface area (Å²) in [5.74, 6) is -1.09. The fourth-order valence-electron chi connectivity index (χ4n) is 1.85. The van der Waals surface area contributed by atoms with Crippen LogP contribution in [0.4, 0.5) is 13.2 Å². The second kappa shape index (κ2) is 8.91. The molecule has 24 heavy (non-hydrogen) atoms. The highest BCUT2D eigenvalue weighted by Gasteiger charge is 2.30. The monoisotopic (exact) mass is 364 g/mol. The number of carboxylic acid groups (broad SMARTS) is 1. The van der Waals surface area contributed by atoms with E-state index in [2.05, 4.69) is 4.98 Å². The van der Waals surface area contributed by atoms with Crippen molar-refractivity contribution in [2.45, 2.75) is 31.5 Å². The summed E-state index contributed by atoms with van der Waals surface area (Å²) in [5, 5.41) is 9.04. The van der Waals surface area contributed by atoms with Crippen molar-refractivity contribution in [1.82, 2.24) is 9.88 Å². The van der Waals surface area contributed by atoms with Gasteiger partial charge in [0.15, 0.2) is 0 Å². The lowest BCUT2D eigenvalue weighted by atomic mass is 10.2. The second-order valence-corrected chi connectivity index (χ2v) is 6.54. The van der Waals surface area contributed by atoms with Crippen LogP contribution in [-0.4, -0.2) is 45.7 Å². The molecule has 1 heterocycles. The van der Waals surface area contributed by atoms with Crippen LogP contribution in [0, 0.1) is 5.92 Å². The van der Waals surface area contributed by atoms with Crippen LogP contribution in [0.25, 0.3) is 0 Å². The molecule has 9 heteroatoms. The Bertz CT molecular complexity index is 562. The van der Waals surface area contributed by atoms with Gasteiger partial charge >= 0.3 is 12.1 Å². The average molecular weight is 364 g/mol. The largest absolute Gasteiger partial charge is 0.481 e. The third-order valence-corrected chi connectivity index (χ3v) is 3.87. The molecule has 1 N–H and O–H groups in total. The van der Waals surface area contributed by atoms with E-state index in [0.717, 1.165) is 24.0 Å². The lowest BCUT2D eigenvalue weighted by Crippen LogP contribution is -2.37. The number of carbonyl (C=O) groups excluding carboxylic acids is 1. The minimum atomic E-state index is -4.45. The summed E-state index contributed by atoms with van der Waals surface area (Å²) < 4.78 is 37.4. The van der Waals surface area contributed by atoms with Crippen LogP contribution >= 0.6 is 11.8 Å². The molecule has 0 radical (unpaired) electrons. The summed E-state index contributed by atoms with van der Waals surface area (Å²) >= 11 is 1.02. The van der Waals surface area contributed by atoms with Crippen LogP contribution in [0.3, 0.4) is 0 Å². The van der Waals surface area contributed by atoms with E-state index in [9.17, 15) is 22.8 Å². The summed E-state index contributed by atoms with van der Waals surface area (Å²) in [6.45, 7) is 4.34. The summed E-state index contributed by atoms with van der Waals surface area (Å²) in [7, 11) is 0. The fraction of sp³-hybridized carbons (Fsp3) is 0.533. The molecule has 1 rings (SSSR count). The number of carboxylic acids is 1. The van der Waals surface area contributed by atoms with Crippen molar-refractivity contribution in [1.29, 1.82) is 0 Å². The number of hydrogen-bond acceptors (Lipinski definition) is 4. The predicted molar refractivity (Wildman–Crippen MR) is 83.6 cm³/mol. The maximum absolute atomic E-state index is 12.5. The molecule has 0 spiro atoms. The van der Waals surface area contributed by atoms with Crippen molar-refractivity contribution < 1.29 is 27.9 Å². The van der Waals surface area contributed by atoms with Gasteiger partial charge in [-0.25, -0.2) is 4.98 Å². The minimum absolute atomic E-state index is 0.00922. The Hall–Kier alpha value is -1.77. The fourth-order valence-corrected chi connectivity index (χ4v) is 2.59. The van der Waals surface area contributed by atoms with E-state index < -0.39 is 17.7 Å². The van der Waals surface area contributed by atoms with E-state index in [0.29, 0.717) is 11.6 Å². The number of aromatic nitrogens is 1. The molecule has 1 amide bonds. The smallest absolute Gasteiger partial charge is 0.417 e. The van der Waals surface area contributed by atoms with E-state index in [1.807, 2.05) is 13.8 Å². The molecule has 0 saturated heterocycles. The number of halogens is 3. The number of alkyl halides is 3. The molecule has 1 aromatic heterocycles. The van der Waals surface area contributed by atoms with Crippen LogP contribution in [-0.2, 0) is 15.8 Å². The van der Waals surface area contributed by atoms with E-state index in [1.165, 1.54) is 11.0 Å². The minimum Gasteiger partial charge on any atom is -0.481 e. The number of hydrogen-bond donors (Lipinski definition) is 1. The third-order valence-electron chi connectivity index (χ3n) is 2.94. The number of rotatable bonds is 8. The summed E-state index contributed by atoms with van der Waals surface area (Å²) in [6.07, 6.45) is -3.87. The number of thioether (sulfide) groups is 1. The summed E-state index contributed by atoms with van der Waals surface area (Å²) in [5.41, 5.74) is -0.846. The molecule has 5 nitrogen and oxygen atoms in total. The first-order chi connectivity index (χ1) is 11.1. The van der Waals surface area contributed by atoms with Gasteiger partial charge in [-0.1, -0.05) is 25.6 Å². The van der Waals surface area contributed by atoms with E-state index >= 15 is 0 Å². The third kappa shape index (κ3) is 7.20. The van der Waals surface area contributed by atoms with Crippen molar-refractivity contribution >= 4 is 23.6 Å². The molecule has 0 fully saturated rings. The molecule has 134 valence electrons. The Morgan fingerprint density at radius 3 is 2.46 bits per heavy atom. The van der Waals surface area contributed by atoms with Crippen LogP contribution < -0.4 is 0 Å². The van der Waals surface area contributed by atoms with Crippen LogP contribution in [0.15, 0.2) is 23.4 Å². The summed E-state index contributed by atoms with van der Waals surface area (Å²) in [4.78, 5) is 28.0. The van der Waals surface area contributed by atoms with Crippen molar-refractivity contribution in [3.05, 3.63) is 23.9 Å². The number of aliphatic carboxylic acids is 1. The Kier molecular flexibility index (Phi) is 7.53. The topological polar surface area (TPSA) is 70.5 Å². The first kappa shape index (κ1) is 20.3. The highest BCUT2D eigenvalue weighted by atomic mass is 32.2. The highest BCUT2D eigenvalue weighted by Crippen LogP contribution is 2.29. The maximum atomic E-state index is 12.5. The Morgan fingerprint density at radius 1 is 1.33 bits per heavy atom. The van der Waals surface area contributed by atoms with Crippen LogP contribution in [0.1, 0.15) is 25.8 Å². The molecule has 0 aliphatic rings. The lowest BCUT2D eigenvalue weighted by Gasteiger charge is -2.23. The van der Waals surface area contributed by atoms with Gasteiger partial charge in [0.2, 0.25) is 5.91 Å². The van der Waals surface area contributed by atoms with E-state index in [-0.39, 0.29) is 30.5 Å². The van der Waals surface area contributed by atoms with Gasteiger partial charge < -0.3 is 10.0 Å². The zero-order valence-corrected chi connectivity index (χ0v) is 14.2. The zero-order valence-electron chi connectivity index (χ0n) is 13.3. The molecule has 0 saturated carbocycles. The second-order valence-electron chi connectivity index (χ2n) is 5.55. The van der Waals surface area contributed by atoms with Gasteiger partial charge in [0.1, 0.15) is 0 Å². The predicted octanol–water partition coefficient (Wildman–Crippen LogP) is 3.15. The first-order valence-corrected chi connectivity index (χ1v) is 8.23. The molecule has 1 aromatic rings. The van der Waals surface area contributed by atoms with E-state index in [1.54, 1.807) is 0 Å². The number of pyridine rings is 1. The molecule has 0 bridgehead atoms. The highest BCUT2D eigenvalue weighted by molar-refractivity contribution is 7.99. The van der Waals surface area contributed by atoms with Crippen molar-refractivity contribution in [3.8, 4) is 0 Å². The van der Waals surface area contributed by atoms with Crippen molar-refractivity contribution in [2.24, 2.45) is 5.92 Å². The van der Waals surface area contributed by atoms with Gasteiger partial charge in [-0.05, 0) is 18.1 Å². The Labute approximate surface area is 142 Å². The van der Waals surface area contributed by atoms with Crippen LogP contribution in [0.5, 0.6) is 0 Å². The zero-order chi connectivity index (χ0) is 18.3.